The van der Waals surface area contributed by atoms with Gasteiger partial charge in [0.05, 0.1) is 11.7 Å². The Bertz CT molecular complexity index is 1560. The summed E-state index contributed by atoms with van der Waals surface area (Å²) in [5, 5.41) is 1.59. The molecule has 1 atom stereocenters. The summed E-state index contributed by atoms with van der Waals surface area (Å²) in [6, 6.07) is 18.1. The average Bonchev–Trinajstić information content (AvgIpc) is 3.04. The molecule has 2 aliphatic heterocycles. The Morgan fingerprint density at radius 3 is 2.40 bits per heavy atom. The number of benzene rings is 3. The standard InChI is InChI=1S/C28H22N2O5/c1-14(2)34-26(32)22-25(29)35-24-17-11-7-9-15-8-6-10-16(20(15)17)23(31)21(24)28(22)18-12-4-5-13-19(18)30(3)27(28)33/h4-14H,29H2,1-3H3. The largest absolute Gasteiger partial charge is 0.459 e. The highest BCUT2D eigenvalue weighted by Crippen LogP contribution is 2.57. The van der Waals surface area contributed by atoms with Crippen molar-refractivity contribution < 1.29 is 23.9 Å². The Labute approximate surface area is 201 Å². The lowest BCUT2D eigenvalue weighted by atomic mass is 9.64. The van der Waals surface area contributed by atoms with Crippen LogP contribution in [-0.2, 0) is 24.5 Å². The van der Waals surface area contributed by atoms with E-state index in [-0.39, 0.29) is 28.6 Å². The Balaban J connectivity index is 1.76. The number of carbonyl (C=O) groups is 3. The minimum Gasteiger partial charge on any atom is -0.459 e. The molecule has 3 aliphatic rings. The van der Waals surface area contributed by atoms with Gasteiger partial charge in [0.2, 0.25) is 11.8 Å². The van der Waals surface area contributed by atoms with E-state index in [0.29, 0.717) is 22.4 Å². The van der Waals surface area contributed by atoms with Crippen molar-refractivity contribution in [2.45, 2.75) is 25.4 Å². The average molecular weight is 466 g/mol. The van der Waals surface area contributed by atoms with Crippen LogP contribution >= 0.6 is 0 Å². The van der Waals surface area contributed by atoms with Gasteiger partial charge in [0.1, 0.15) is 16.7 Å². The SMILES string of the molecule is CC(C)OC(=O)C1=C(N)OC2=C(C(=O)c3cccc4cccc2c34)C12C(=O)N(C)c1ccccc12. The molecule has 2 heterocycles. The third kappa shape index (κ3) is 2.52. The van der Waals surface area contributed by atoms with Crippen LogP contribution < -0.4 is 10.6 Å². The molecule has 1 spiro atoms. The number of likely N-dealkylation sites (N-methyl/N-ethyl adjacent to an activating group) is 1. The van der Waals surface area contributed by atoms with Gasteiger partial charge in [0.15, 0.2) is 5.78 Å². The third-order valence-electron chi connectivity index (χ3n) is 6.90. The number of hydrogen-bond donors (Lipinski definition) is 1. The number of esters is 1. The number of fused-ring (bicyclic) bond motifs is 4. The molecule has 6 rings (SSSR count). The molecule has 1 unspecified atom stereocenters. The van der Waals surface area contributed by atoms with Crippen LogP contribution in [0.4, 0.5) is 5.69 Å². The quantitative estimate of drug-likeness (QED) is 0.577. The molecule has 2 N–H and O–H groups in total. The summed E-state index contributed by atoms with van der Waals surface area (Å²) in [6.07, 6.45) is -0.476. The van der Waals surface area contributed by atoms with Crippen molar-refractivity contribution in [3.8, 4) is 0 Å². The highest BCUT2D eigenvalue weighted by molar-refractivity contribution is 6.32. The highest BCUT2D eigenvalue weighted by atomic mass is 16.5. The van der Waals surface area contributed by atoms with Gasteiger partial charge >= 0.3 is 5.97 Å². The molecule has 7 heteroatoms. The maximum atomic E-state index is 14.2. The predicted octanol–water partition coefficient (Wildman–Crippen LogP) is 3.81. The number of nitrogens with zero attached hydrogens (tertiary/aromatic N) is 1. The molecular formula is C28H22N2O5. The molecule has 3 aromatic carbocycles. The van der Waals surface area contributed by atoms with E-state index in [4.69, 9.17) is 15.2 Å². The fourth-order valence-corrected chi connectivity index (χ4v) is 5.58. The molecular weight excluding hydrogens is 444 g/mol. The summed E-state index contributed by atoms with van der Waals surface area (Å²) < 4.78 is 11.6. The molecule has 3 aromatic rings. The van der Waals surface area contributed by atoms with E-state index in [1.54, 1.807) is 57.3 Å². The topological polar surface area (TPSA) is 98.9 Å². The Morgan fingerprint density at radius 2 is 1.69 bits per heavy atom. The molecule has 0 fully saturated rings. The van der Waals surface area contributed by atoms with Crippen LogP contribution in [0.15, 0.2) is 77.7 Å². The van der Waals surface area contributed by atoms with E-state index in [2.05, 4.69) is 0 Å². The van der Waals surface area contributed by atoms with Crippen molar-refractivity contribution >= 4 is 39.9 Å². The zero-order chi connectivity index (χ0) is 24.6. The molecule has 0 aromatic heterocycles. The number of amides is 1. The van der Waals surface area contributed by atoms with Gasteiger partial charge in [0, 0.05) is 34.8 Å². The number of ether oxygens (including phenoxy) is 2. The first-order valence-electron chi connectivity index (χ1n) is 11.4. The number of carbonyl (C=O) groups excluding carboxylic acids is 3. The van der Waals surface area contributed by atoms with Gasteiger partial charge in [0.25, 0.3) is 0 Å². The van der Waals surface area contributed by atoms with Crippen molar-refractivity contribution in [3.63, 3.8) is 0 Å². The summed E-state index contributed by atoms with van der Waals surface area (Å²) >= 11 is 0. The van der Waals surface area contributed by atoms with Gasteiger partial charge < -0.3 is 20.1 Å². The van der Waals surface area contributed by atoms with Crippen molar-refractivity contribution in [1.29, 1.82) is 0 Å². The predicted molar refractivity (Wildman–Crippen MR) is 130 cm³/mol. The van der Waals surface area contributed by atoms with Crippen molar-refractivity contribution in [2.75, 3.05) is 11.9 Å². The Morgan fingerprint density at radius 1 is 1.00 bits per heavy atom. The molecule has 0 saturated heterocycles. The smallest absolute Gasteiger partial charge is 0.341 e. The van der Waals surface area contributed by atoms with E-state index in [1.807, 2.05) is 24.3 Å². The maximum Gasteiger partial charge on any atom is 0.341 e. The van der Waals surface area contributed by atoms with E-state index < -0.39 is 23.4 Å². The van der Waals surface area contributed by atoms with Crippen LogP contribution in [0.1, 0.15) is 35.3 Å². The zero-order valence-corrected chi connectivity index (χ0v) is 19.4. The first-order chi connectivity index (χ1) is 16.8. The van der Waals surface area contributed by atoms with Gasteiger partial charge in [-0.1, -0.05) is 54.6 Å². The number of rotatable bonds is 2. The van der Waals surface area contributed by atoms with Crippen LogP contribution in [0.5, 0.6) is 0 Å². The monoisotopic (exact) mass is 466 g/mol. The van der Waals surface area contributed by atoms with Gasteiger partial charge in [-0.2, -0.15) is 0 Å². The van der Waals surface area contributed by atoms with E-state index >= 15 is 0 Å². The van der Waals surface area contributed by atoms with Crippen LogP contribution in [0, 0.1) is 0 Å². The second-order valence-corrected chi connectivity index (χ2v) is 9.17. The van der Waals surface area contributed by atoms with Crippen LogP contribution in [-0.4, -0.2) is 30.8 Å². The summed E-state index contributed by atoms with van der Waals surface area (Å²) in [7, 11) is 1.62. The van der Waals surface area contributed by atoms with E-state index in [9.17, 15) is 14.4 Å². The summed E-state index contributed by atoms with van der Waals surface area (Å²) in [6.45, 7) is 3.41. The Kier molecular flexibility index (Phi) is 4.27. The fraction of sp³-hybridized carbons (Fsp3) is 0.179. The number of ketones is 1. The zero-order valence-electron chi connectivity index (χ0n) is 19.4. The molecule has 7 nitrogen and oxygen atoms in total. The number of para-hydroxylation sites is 1. The molecule has 174 valence electrons. The first kappa shape index (κ1) is 21.2. The van der Waals surface area contributed by atoms with Crippen molar-refractivity contribution in [2.24, 2.45) is 5.73 Å². The van der Waals surface area contributed by atoms with Gasteiger partial charge in [-0.3, -0.25) is 9.59 Å². The van der Waals surface area contributed by atoms with Crippen LogP contribution in [0.25, 0.3) is 16.5 Å². The van der Waals surface area contributed by atoms with E-state index in [0.717, 1.165) is 10.8 Å². The van der Waals surface area contributed by atoms with Crippen molar-refractivity contribution in [1.82, 2.24) is 0 Å². The van der Waals surface area contributed by atoms with Crippen molar-refractivity contribution in [3.05, 3.63) is 94.4 Å². The number of Topliss-reactive ketones (excluding diaryl/α,β-unsaturated/α-hetero) is 1. The molecule has 0 bridgehead atoms. The second kappa shape index (κ2) is 7.06. The number of hydrogen-bond acceptors (Lipinski definition) is 6. The molecule has 35 heavy (non-hydrogen) atoms. The van der Waals surface area contributed by atoms with Crippen LogP contribution in [0.2, 0.25) is 0 Å². The highest BCUT2D eigenvalue weighted by Gasteiger charge is 2.64. The molecule has 0 radical (unpaired) electrons. The van der Waals surface area contributed by atoms with Gasteiger partial charge in [-0.15, -0.1) is 0 Å². The first-order valence-corrected chi connectivity index (χ1v) is 11.4. The fourth-order valence-electron chi connectivity index (χ4n) is 5.58. The third-order valence-corrected chi connectivity index (χ3v) is 6.90. The summed E-state index contributed by atoms with van der Waals surface area (Å²) in [5.74, 6) is -1.71. The maximum absolute atomic E-state index is 14.2. The molecule has 1 aliphatic carbocycles. The molecule has 0 saturated carbocycles. The lowest BCUT2D eigenvalue weighted by Crippen LogP contribution is -2.50. The summed E-state index contributed by atoms with van der Waals surface area (Å²) in [5.41, 5.74) is 6.67. The summed E-state index contributed by atoms with van der Waals surface area (Å²) in [4.78, 5) is 43.4. The minimum absolute atomic E-state index is 0.0791. The normalized spacial score (nSPS) is 20.5. The second-order valence-electron chi connectivity index (χ2n) is 9.17. The van der Waals surface area contributed by atoms with Gasteiger partial charge in [-0.25, -0.2) is 4.79 Å². The Hall–Kier alpha value is -4.39. The van der Waals surface area contributed by atoms with E-state index in [1.165, 1.54) is 4.90 Å². The van der Waals surface area contributed by atoms with Gasteiger partial charge in [-0.05, 0) is 25.3 Å². The lowest BCUT2D eigenvalue weighted by molar-refractivity contribution is -0.144. The minimum atomic E-state index is -1.80. The van der Waals surface area contributed by atoms with Crippen LogP contribution in [0.3, 0.4) is 0 Å². The molecule has 1 amide bonds. The number of nitrogens with two attached hydrogens (primary N) is 1. The number of anilines is 1. The lowest BCUT2D eigenvalue weighted by Gasteiger charge is -2.39.